The molecule has 0 unspecified atom stereocenters. The van der Waals surface area contributed by atoms with E-state index in [2.05, 4.69) is 6.07 Å². The van der Waals surface area contributed by atoms with Gasteiger partial charge in [-0.25, -0.2) is 13.2 Å². The molecule has 5 rings (SSSR count). The summed E-state index contributed by atoms with van der Waals surface area (Å²) in [5.74, 6) is -2.45. The largest absolute Gasteiger partial charge is 0.507 e. The minimum atomic E-state index is -4.00. The number of rotatable bonds is 10. The molecule has 236 valence electrons. The summed E-state index contributed by atoms with van der Waals surface area (Å²) >= 11 is 0. The summed E-state index contributed by atoms with van der Waals surface area (Å²) in [5.41, 5.74) is 5.61. The van der Waals surface area contributed by atoms with Crippen LogP contribution in [0.1, 0.15) is 27.0 Å². The Labute approximate surface area is 273 Å². The first-order valence-corrected chi connectivity index (χ1v) is 16.0. The summed E-state index contributed by atoms with van der Waals surface area (Å²) in [7, 11) is -2.68. The minimum absolute atomic E-state index is 0.00229. The van der Waals surface area contributed by atoms with Gasteiger partial charge in [0.2, 0.25) is 15.9 Å². The molecule has 0 aliphatic rings. The average Bonchev–Trinajstić information content (AvgIpc) is 3.07. The topological polar surface area (TPSA) is 139 Å². The first-order chi connectivity index (χ1) is 22.5. The SMILES string of the molecule is Cc1ccc(S(=O)(=O)N(C)CC(=O)N(Cc2ccc(-c3ccc(C#N)cc3-c3ccccc3)cc2)c2ccc(C(=O)O)c(O)c2)cc1. The highest BCUT2D eigenvalue weighted by Crippen LogP contribution is 2.34. The van der Waals surface area contributed by atoms with Gasteiger partial charge in [-0.05, 0) is 71.1 Å². The number of anilines is 1. The number of phenols is 1. The normalized spacial score (nSPS) is 11.2. The highest BCUT2D eigenvalue weighted by Gasteiger charge is 2.27. The van der Waals surface area contributed by atoms with Gasteiger partial charge in [-0.1, -0.05) is 78.4 Å². The second-order valence-corrected chi connectivity index (χ2v) is 13.0. The summed E-state index contributed by atoms with van der Waals surface area (Å²) in [6.07, 6.45) is 0. The molecule has 0 spiro atoms. The van der Waals surface area contributed by atoms with Crippen molar-refractivity contribution in [3.63, 3.8) is 0 Å². The third-order valence-electron chi connectivity index (χ3n) is 7.75. The smallest absolute Gasteiger partial charge is 0.339 e. The van der Waals surface area contributed by atoms with Gasteiger partial charge in [0.15, 0.2) is 0 Å². The Hall–Kier alpha value is -5.76. The molecule has 0 heterocycles. The van der Waals surface area contributed by atoms with Crippen molar-refractivity contribution in [1.29, 1.82) is 5.26 Å². The van der Waals surface area contributed by atoms with Crippen molar-refractivity contribution in [2.45, 2.75) is 18.4 Å². The molecule has 10 heteroatoms. The number of carbonyl (C=O) groups is 2. The summed E-state index contributed by atoms with van der Waals surface area (Å²) in [6.45, 7) is 1.33. The van der Waals surface area contributed by atoms with Crippen LogP contribution in [0.2, 0.25) is 0 Å². The van der Waals surface area contributed by atoms with Crippen LogP contribution >= 0.6 is 0 Å². The molecule has 0 aliphatic carbocycles. The highest BCUT2D eigenvalue weighted by molar-refractivity contribution is 7.89. The lowest BCUT2D eigenvalue weighted by molar-refractivity contribution is -0.118. The third kappa shape index (κ3) is 7.23. The van der Waals surface area contributed by atoms with E-state index in [1.165, 1.54) is 42.3 Å². The number of likely N-dealkylation sites (N-methyl/N-ethyl adjacent to an activating group) is 1. The fourth-order valence-electron chi connectivity index (χ4n) is 5.14. The van der Waals surface area contributed by atoms with Crippen LogP contribution in [0.25, 0.3) is 22.3 Å². The molecule has 0 bridgehead atoms. The van der Waals surface area contributed by atoms with Crippen LogP contribution in [0.4, 0.5) is 5.69 Å². The van der Waals surface area contributed by atoms with E-state index in [-0.39, 0.29) is 22.7 Å². The Bertz CT molecular complexity index is 2090. The molecule has 0 aliphatic heterocycles. The number of carboxylic acids is 1. The number of aromatic hydroxyl groups is 1. The van der Waals surface area contributed by atoms with E-state index in [0.29, 0.717) is 11.1 Å². The van der Waals surface area contributed by atoms with Crippen molar-refractivity contribution in [2.24, 2.45) is 0 Å². The van der Waals surface area contributed by atoms with Gasteiger partial charge in [0.25, 0.3) is 0 Å². The maximum Gasteiger partial charge on any atom is 0.339 e. The van der Waals surface area contributed by atoms with Crippen molar-refractivity contribution in [1.82, 2.24) is 4.31 Å². The number of aromatic carboxylic acids is 1. The van der Waals surface area contributed by atoms with Crippen LogP contribution in [0, 0.1) is 18.3 Å². The van der Waals surface area contributed by atoms with Gasteiger partial charge in [0.1, 0.15) is 11.3 Å². The lowest BCUT2D eigenvalue weighted by Gasteiger charge is -2.26. The summed E-state index contributed by atoms with van der Waals surface area (Å²) in [5, 5.41) is 29.3. The van der Waals surface area contributed by atoms with E-state index in [1.54, 1.807) is 18.2 Å². The average molecular weight is 646 g/mol. The van der Waals surface area contributed by atoms with Crippen molar-refractivity contribution in [2.75, 3.05) is 18.5 Å². The predicted octanol–water partition coefficient (Wildman–Crippen LogP) is 6.46. The van der Waals surface area contributed by atoms with E-state index in [9.17, 15) is 33.5 Å². The van der Waals surface area contributed by atoms with Gasteiger partial charge < -0.3 is 15.1 Å². The molecule has 5 aromatic carbocycles. The van der Waals surface area contributed by atoms with Crippen LogP contribution in [-0.2, 0) is 21.4 Å². The van der Waals surface area contributed by atoms with Gasteiger partial charge in [-0.15, -0.1) is 0 Å². The lowest BCUT2D eigenvalue weighted by atomic mass is 9.92. The molecule has 0 atom stereocenters. The summed E-state index contributed by atoms with van der Waals surface area (Å²) in [4.78, 5) is 26.6. The predicted molar refractivity (Wildman–Crippen MR) is 179 cm³/mol. The molecular formula is C37H31N3O6S. The number of hydrogen-bond acceptors (Lipinski definition) is 6. The summed E-state index contributed by atoms with van der Waals surface area (Å²) < 4.78 is 27.4. The second kappa shape index (κ2) is 13.7. The van der Waals surface area contributed by atoms with Gasteiger partial charge in [0, 0.05) is 18.8 Å². The molecule has 0 aromatic heterocycles. The van der Waals surface area contributed by atoms with E-state index in [4.69, 9.17) is 0 Å². The fraction of sp³-hybridized carbons (Fsp3) is 0.108. The molecule has 47 heavy (non-hydrogen) atoms. The number of aryl methyl sites for hydroxylation is 1. The molecule has 0 fully saturated rings. The number of carbonyl (C=O) groups excluding carboxylic acids is 1. The fourth-order valence-corrected chi connectivity index (χ4v) is 6.26. The molecule has 9 nitrogen and oxygen atoms in total. The van der Waals surface area contributed by atoms with Crippen LogP contribution in [-0.4, -0.2) is 48.4 Å². The number of nitrogens with zero attached hydrogens (tertiary/aromatic N) is 3. The maximum absolute atomic E-state index is 13.8. The first-order valence-electron chi connectivity index (χ1n) is 14.6. The quantitative estimate of drug-likeness (QED) is 0.178. The van der Waals surface area contributed by atoms with E-state index in [0.717, 1.165) is 32.1 Å². The van der Waals surface area contributed by atoms with Crippen LogP contribution in [0.3, 0.4) is 0 Å². The van der Waals surface area contributed by atoms with Crippen molar-refractivity contribution < 1.29 is 28.2 Å². The molecule has 0 saturated heterocycles. The molecule has 0 saturated carbocycles. The van der Waals surface area contributed by atoms with Crippen LogP contribution < -0.4 is 4.90 Å². The Morgan fingerprint density at radius 1 is 0.809 bits per heavy atom. The van der Waals surface area contributed by atoms with E-state index >= 15 is 0 Å². The van der Waals surface area contributed by atoms with Gasteiger partial charge in [-0.2, -0.15) is 9.57 Å². The maximum atomic E-state index is 13.8. The number of sulfonamides is 1. The third-order valence-corrected chi connectivity index (χ3v) is 9.57. The Morgan fingerprint density at radius 2 is 1.47 bits per heavy atom. The highest BCUT2D eigenvalue weighted by atomic mass is 32.2. The first kappa shape index (κ1) is 32.6. The Kier molecular flexibility index (Phi) is 9.51. The Morgan fingerprint density at radius 3 is 2.09 bits per heavy atom. The lowest BCUT2D eigenvalue weighted by Crippen LogP contribution is -2.41. The van der Waals surface area contributed by atoms with Crippen molar-refractivity contribution >= 4 is 27.6 Å². The molecule has 1 amide bonds. The molecule has 5 aromatic rings. The van der Waals surface area contributed by atoms with Crippen LogP contribution in [0.5, 0.6) is 5.75 Å². The van der Waals surface area contributed by atoms with Gasteiger partial charge >= 0.3 is 5.97 Å². The number of amides is 1. The Balaban J connectivity index is 1.46. The zero-order chi connectivity index (χ0) is 33.7. The van der Waals surface area contributed by atoms with E-state index < -0.39 is 34.2 Å². The number of nitriles is 1. The van der Waals surface area contributed by atoms with Gasteiger partial charge in [-0.3, -0.25) is 4.79 Å². The van der Waals surface area contributed by atoms with Crippen molar-refractivity contribution in [3.05, 3.63) is 138 Å². The second-order valence-electron chi connectivity index (χ2n) is 11.0. The molecule has 0 radical (unpaired) electrons. The zero-order valence-corrected chi connectivity index (χ0v) is 26.5. The number of carboxylic acid groups (broad SMARTS) is 1. The van der Waals surface area contributed by atoms with E-state index in [1.807, 2.05) is 73.7 Å². The number of hydrogen-bond donors (Lipinski definition) is 2. The zero-order valence-electron chi connectivity index (χ0n) is 25.7. The van der Waals surface area contributed by atoms with Crippen LogP contribution in [0.15, 0.2) is 120 Å². The summed E-state index contributed by atoms with van der Waals surface area (Å²) in [6, 6.07) is 34.9. The van der Waals surface area contributed by atoms with Crippen molar-refractivity contribution in [3.8, 4) is 34.1 Å². The van der Waals surface area contributed by atoms with Gasteiger partial charge in [0.05, 0.1) is 29.6 Å². The monoisotopic (exact) mass is 645 g/mol. The number of benzene rings is 5. The molecular weight excluding hydrogens is 614 g/mol. The minimum Gasteiger partial charge on any atom is -0.507 e. The standard InChI is InChI=1S/C37H31N3O6S/c1-25-8-16-31(17-9-25)47(45,46)39(2)24-36(42)40(30-15-19-33(37(43)44)35(41)21-30)23-26-10-13-29(14-11-26)32-18-12-27(22-38)20-34(32)28-6-4-3-5-7-28/h3-21,41H,23-24H2,1-2H3,(H,43,44). The molecule has 2 N–H and O–H groups in total.